The molecule has 0 aliphatic rings. The van der Waals surface area contributed by atoms with Crippen molar-refractivity contribution in [2.75, 3.05) is 7.11 Å². The second-order valence-electron chi connectivity index (χ2n) is 4.65. The highest BCUT2D eigenvalue weighted by Gasteiger charge is 2.14. The number of nitrogens with one attached hydrogen (secondary N) is 1. The lowest BCUT2D eigenvalue weighted by Crippen LogP contribution is -2.30. The van der Waals surface area contributed by atoms with Gasteiger partial charge in [-0.15, -0.1) is 0 Å². The van der Waals surface area contributed by atoms with Crippen molar-refractivity contribution in [2.45, 2.75) is 6.54 Å². The van der Waals surface area contributed by atoms with Crippen LogP contribution in [0.25, 0.3) is 0 Å². The van der Waals surface area contributed by atoms with Crippen molar-refractivity contribution in [3.63, 3.8) is 0 Å². The molecule has 2 aromatic rings. The number of halogens is 1. The average molecular weight is 303 g/mol. The second-order valence-corrected chi connectivity index (χ2v) is 4.65. The van der Waals surface area contributed by atoms with Gasteiger partial charge in [-0.2, -0.15) is 0 Å². The molecule has 0 heterocycles. The highest BCUT2D eigenvalue weighted by atomic mass is 19.1. The van der Waals surface area contributed by atoms with E-state index in [-0.39, 0.29) is 17.9 Å². The highest BCUT2D eigenvalue weighted by molar-refractivity contribution is 6.58. The minimum Gasteiger partial charge on any atom is -0.496 e. The molecule has 0 saturated carbocycles. The minimum atomic E-state index is -1.57. The van der Waals surface area contributed by atoms with Gasteiger partial charge in [0.25, 0.3) is 5.91 Å². The largest absolute Gasteiger partial charge is 0.496 e. The summed E-state index contributed by atoms with van der Waals surface area (Å²) >= 11 is 0. The molecular formula is C15H15BFNO4. The fourth-order valence-electron chi connectivity index (χ4n) is 2.00. The molecule has 0 spiro atoms. The molecule has 0 radical (unpaired) electrons. The van der Waals surface area contributed by atoms with Gasteiger partial charge in [0, 0.05) is 6.54 Å². The van der Waals surface area contributed by atoms with Crippen molar-refractivity contribution in [1.82, 2.24) is 5.32 Å². The van der Waals surface area contributed by atoms with E-state index in [0.717, 1.165) is 6.07 Å². The Bertz CT molecular complexity index is 678. The monoisotopic (exact) mass is 303 g/mol. The lowest BCUT2D eigenvalue weighted by Gasteiger charge is -2.10. The number of carbonyl (C=O) groups excluding carboxylic acids is 1. The lowest BCUT2D eigenvalue weighted by atomic mass is 9.79. The SMILES string of the molecule is COc1ccc(F)cc1C(=O)NCc1cccc(B(O)O)c1. The first-order valence-electron chi connectivity index (χ1n) is 6.58. The van der Waals surface area contributed by atoms with E-state index >= 15 is 0 Å². The predicted octanol–water partition coefficient (Wildman–Crippen LogP) is 0.444. The van der Waals surface area contributed by atoms with Gasteiger partial charge < -0.3 is 20.1 Å². The summed E-state index contributed by atoms with van der Waals surface area (Å²) in [4.78, 5) is 12.1. The third-order valence-corrected chi connectivity index (χ3v) is 3.11. The zero-order chi connectivity index (χ0) is 16.1. The van der Waals surface area contributed by atoms with Gasteiger partial charge in [0.1, 0.15) is 11.6 Å². The molecule has 0 aliphatic carbocycles. The maximum Gasteiger partial charge on any atom is 0.488 e. The Hall–Kier alpha value is -2.38. The first-order valence-corrected chi connectivity index (χ1v) is 6.58. The molecule has 5 nitrogen and oxygen atoms in total. The lowest BCUT2D eigenvalue weighted by molar-refractivity contribution is 0.0947. The van der Waals surface area contributed by atoms with Gasteiger partial charge in [-0.25, -0.2) is 4.39 Å². The number of amides is 1. The van der Waals surface area contributed by atoms with Gasteiger partial charge in [0.05, 0.1) is 12.7 Å². The van der Waals surface area contributed by atoms with E-state index in [9.17, 15) is 9.18 Å². The van der Waals surface area contributed by atoms with E-state index in [1.807, 2.05) is 0 Å². The fourth-order valence-corrected chi connectivity index (χ4v) is 2.00. The van der Waals surface area contributed by atoms with Crippen LogP contribution in [0.4, 0.5) is 4.39 Å². The molecule has 1 amide bonds. The standard InChI is InChI=1S/C15H15BFNO4/c1-22-14-6-5-12(17)8-13(14)15(19)18-9-10-3-2-4-11(7-10)16(20)21/h2-8,20-21H,9H2,1H3,(H,18,19). The Labute approximate surface area is 127 Å². The third kappa shape index (κ3) is 3.84. The van der Waals surface area contributed by atoms with Gasteiger partial charge >= 0.3 is 7.12 Å². The van der Waals surface area contributed by atoms with Crippen molar-refractivity contribution in [1.29, 1.82) is 0 Å². The molecule has 0 aliphatic heterocycles. The van der Waals surface area contributed by atoms with Gasteiger partial charge in [0.2, 0.25) is 0 Å². The number of hydrogen-bond acceptors (Lipinski definition) is 4. The summed E-state index contributed by atoms with van der Waals surface area (Å²) in [5.74, 6) is -0.735. The van der Waals surface area contributed by atoms with Crippen LogP contribution >= 0.6 is 0 Å². The van der Waals surface area contributed by atoms with E-state index in [1.54, 1.807) is 24.3 Å². The zero-order valence-electron chi connectivity index (χ0n) is 11.9. The van der Waals surface area contributed by atoms with E-state index in [0.29, 0.717) is 11.0 Å². The van der Waals surface area contributed by atoms with Crippen LogP contribution in [0.15, 0.2) is 42.5 Å². The molecule has 22 heavy (non-hydrogen) atoms. The van der Waals surface area contributed by atoms with Gasteiger partial charge in [-0.1, -0.05) is 24.3 Å². The molecule has 2 rings (SSSR count). The van der Waals surface area contributed by atoms with E-state index in [2.05, 4.69) is 5.32 Å². The van der Waals surface area contributed by atoms with Crippen molar-refractivity contribution >= 4 is 18.5 Å². The Morgan fingerprint density at radius 1 is 1.27 bits per heavy atom. The first kappa shape index (κ1) is 16.0. The molecule has 0 unspecified atom stereocenters. The molecule has 114 valence electrons. The van der Waals surface area contributed by atoms with E-state index in [1.165, 1.54) is 19.2 Å². The number of rotatable bonds is 5. The first-order chi connectivity index (χ1) is 10.5. The molecule has 0 aromatic heterocycles. The Morgan fingerprint density at radius 3 is 2.73 bits per heavy atom. The van der Waals surface area contributed by atoms with Crippen LogP contribution in [-0.4, -0.2) is 30.2 Å². The molecule has 0 fully saturated rings. The van der Waals surface area contributed by atoms with Crippen LogP contribution in [0.1, 0.15) is 15.9 Å². The molecule has 0 atom stereocenters. The fraction of sp³-hybridized carbons (Fsp3) is 0.133. The smallest absolute Gasteiger partial charge is 0.488 e. The number of hydrogen-bond donors (Lipinski definition) is 3. The van der Waals surface area contributed by atoms with Crippen LogP contribution in [0, 0.1) is 5.82 Å². The summed E-state index contributed by atoms with van der Waals surface area (Å²) in [6.07, 6.45) is 0. The summed E-state index contributed by atoms with van der Waals surface area (Å²) < 4.78 is 18.3. The number of benzene rings is 2. The second kappa shape index (κ2) is 7.06. The maximum atomic E-state index is 13.3. The summed E-state index contributed by atoms with van der Waals surface area (Å²) in [5.41, 5.74) is 1.12. The number of methoxy groups -OCH3 is 1. The Morgan fingerprint density at radius 2 is 2.05 bits per heavy atom. The predicted molar refractivity (Wildman–Crippen MR) is 80.4 cm³/mol. The Balaban J connectivity index is 2.10. The molecule has 3 N–H and O–H groups in total. The topological polar surface area (TPSA) is 78.8 Å². The summed E-state index contributed by atoms with van der Waals surface area (Å²) in [5, 5.41) is 20.9. The zero-order valence-corrected chi connectivity index (χ0v) is 11.9. The van der Waals surface area contributed by atoms with Crippen LogP contribution in [0.3, 0.4) is 0 Å². The summed E-state index contributed by atoms with van der Waals surface area (Å²) in [6, 6.07) is 10.2. The molecule has 0 bridgehead atoms. The van der Waals surface area contributed by atoms with E-state index in [4.69, 9.17) is 14.8 Å². The van der Waals surface area contributed by atoms with Crippen molar-refractivity contribution in [2.24, 2.45) is 0 Å². The van der Waals surface area contributed by atoms with Crippen LogP contribution < -0.4 is 15.5 Å². The Kier molecular flexibility index (Phi) is 5.14. The molecule has 7 heteroatoms. The van der Waals surface area contributed by atoms with Crippen molar-refractivity contribution in [3.05, 3.63) is 59.4 Å². The van der Waals surface area contributed by atoms with Gasteiger partial charge in [-0.05, 0) is 29.2 Å². The van der Waals surface area contributed by atoms with Gasteiger partial charge in [-0.3, -0.25) is 4.79 Å². The summed E-state index contributed by atoms with van der Waals surface area (Å²) in [7, 11) is -0.171. The molecule has 0 saturated heterocycles. The van der Waals surface area contributed by atoms with Crippen molar-refractivity contribution < 1.29 is 24.0 Å². The highest BCUT2D eigenvalue weighted by Crippen LogP contribution is 2.19. The summed E-state index contributed by atoms with van der Waals surface area (Å²) in [6.45, 7) is 0.166. The molecular weight excluding hydrogens is 288 g/mol. The van der Waals surface area contributed by atoms with Crippen LogP contribution in [-0.2, 0) is 6.54 Å². The minimum absolute atomic E-state index is 0.0980. The number of ether oxygens (including phenoxy) is 1. The van der Waals surface area contributed by atoms with Crippen LogP contribution in [0.5, 0.6) is 5.75 Å². The molecule has 2 aromatic carbocycles. The average Bonchev–Trinajstić information content (AvgIpc) is 2.52. The van der Waals surface area contributed by atoms with E-state index < -0.39 is 18.8 Å². The number of carbonyl (C=O) groups is 1. The quantitative estimate of drug-likeness (QED) is 0.701. The van der Waals surface area contributed by atoms with Crippen molar-refractivity contribution in [3.8, 4) is 5.75 Å². The van der Waals surface area contributed by atoms with Crippen LogP contribution in [0.2, 0.25) is 0 Å². The normalized spacial score (nSPS) is 10.2. The third-order valence-electron chi connectivity index (χ3n) is 3.11. The maximum absolute atomic E-state index is 13.3. The van der Waals surface area contributed by atoms with Gasteiger partial charge in [0.15, 0.2) is 0 Å².